The molecule has 7 nitrogen and oxygen atoms in total. The van der Waals surface area contributed by atoms with Crippen molar-refractivity contribution in [3.05, 3.63) is 42.0 Å². The maximum Gasteiger partial charge on any atom is 0.323 e. The van der Waals surface area contributed by atoms with Crippen LogP contribution in [0, 0.1) is 17.1 Å². The Bertz CT molecular complexity index is 692. The third kappa shape index (κ3) is 3.77. The lowest BCUT2D eigenvalue weighted by atomic mass is 10.2. The number of hydrogen-bond acceptors (Lipinski definition) is 4. The fourth-order valence-electron chi connectivity index (χ4n) is 1.66. The van der Waals surface area contributed by atoms with Crippen molar-refractivity contribution < 1.29 is 14.3 Å². The smallest absolute Gasteiger partial charge is 0.323 e. The SMILES string of the molecule is N#Cc1cc(F)ccc1NC(=O)Nc1cnn(CCO)c1. The molecule has 1 heterocycles. The first-order valence-corrected chi connectivity index (χ1v) is 6.03. The molecule has 21 heavy (non-hydrogen) atoms. The molecule has 0 spiro atoms. The van der Waals surface area contributed by atoms with Gasteiger partial charge in [-0.3, -0.25) is 4.68 Å². The van der Waals surface area contributed by atoms with Crippen LogP contribution in [0.15, 0.2) is 30.6 Å². The first-order valence-electron chi connectivity index (χ1n) is 6.03. The molecular weight excluding hydrogens is 277 g/mol. The molecule has 0 radical (unpaired) electrons. The zero-order chi connectivity index (χ0) is 15.2. The predicted octanol–water partition coefficient (Wildman–Crippen LogP) is 1.53. The lowest BCUT2D eigenvalue weighted by Gasteiger charge is -2.07. The second-order valence-corrected chi connectivity index (χ2v) is 4.10. The molecule has 0 atom stereocenters. The third-order valence-electron chi connectivity index (χ3n) is 2.57. The van der Waals surface area contributed by atoms with Gasteiger partial charge in [0.05, 0.1) is 36.3 Å². The number of amides is 2. The summed E-state index contributed by atoms with van der Waals surface area (Å²) in [6.07, 6.45) is 2.97. The van der Waals surface area contributed by atoms with E-state index in [4.69, 9.17) is 10.4 Å². The average Bonchev–Trinajstić information content (AvgIpc) is 2.88. The molecule has 0 fully saturated rings. The van der Waals surface area contributed by atoms with Crippen molar-refractivity contribution in [1.29, 1.82) is 5.26 Å². The van der Waals surface area contributed by atoms with Gasteiger partial charge in [-0.2, -0.15) is 10.4 Å². The highest BCUT2D eigenvalue weighted by Gasteiger charge is 2.09. The van der Waals surface area contributed by atoms with Gasteiger partial charge in [0.1, 0.15) is 11.9 Å². The lowest BCUT2D eigenvalue weighted by molar-refractivity contribution is 0.262. The third-order valence-corrected chi connectivity index (χ3v) is 2.57. The first-order chi connectivity index (χ1) is 10.1. The van der Waals surface area contributed by atoms with Gasteiger partial charge >= 0.3 is 6.03 Å². The number of nitrogens with zero attached hydrogens (tertiary/aromatic N) is 3. The lowest BCUT2D eigenvalue weighted by Crippen LogP contribution is -2.19. The Balaban J connectivity index is 2.03. The van der Waals surface area contributed by atoms with Gasteiger partial charge < -0.3 is 15.7 Å². The van der Waals surface area contributed by atoms with Gasteiger partial charge in [0.25, 0.3) is 0 Å². The van der Waals surface area contributed by atoms with Crippen molar-refractivity contribution in [2.45, 2.75) is 6.54 Å². The van der Waals surface area contributed by atoms with Crippen molar-refractivity contribution in [1.82, 2.24) is 9.78 Å². The van der Waals surface area contributed by atoms with Crippen LogP contribution in [0.25, 0.3) is 0 Å². The molecule has 0 aliphatic carbocycles. The van der Waals surface area contributed by atoms with Gasteiger partial charge in [-0.1, -0.05) is 0 Å². The van der Waals surface area contributed by atoms with Crippen molar-refractivity contribution >= 4 is 17.4 Å². The van der Waals surface area contributed by atoms with Crippen LogP contribution >= 0.6 is 0 Å². The number of urea groups is 1. The van der Waals surface area contributed by atoms with Gasteiger partial charge in [-0.15, -0.1) is 0 Å². The number of rotatable bonds is 4. The molecule has 8 heteroatoms. The molecule has 2 rings (SSSR count). The summed E-state index contributed by atoms with van der Waals surface area (Å²) in [5.74, 6) is -0.553. The molecule has 0 saturated heterocycles. The molecule has 2 aromatic rings. The number of carbonyl (C=O) groups is 1. The first kappa shape index (κ1) is 14.5. The van der Waals surface area contributed by atoms with Crippen LogP contribution in [-0.2, 0) is 6.54 Å². The van der Waals surface area contributed by atoms with E-state index in [9.17, 15) is 9.18 Å². The Morgan fingerprint density at radius 1 is 1.48 bits per heavy atom. The summed E-state index contributed by atoms with van der Waals surface area (Å²) in [5.41, 5.74) is 0.668. The largest absolute Gasteiger partial charge is 0.394 e. The van der Waals surface area contributed by atoms with E-state index in [1.807, 2.05) is 0 Å². The zero-order valence-corrected chi connectivity index (χ0v) is 10.9. The van der Waals surface area contributed by atoms with Crippen LogP contribution in [0.1, 0.15) is 5.56 Å². The highest BCUT2D eigenvalue weighted by Crippen LogP contribution is 2.16. The number of aromatic nitrogens is 2. The van der Waals surface area contributed by atoms with Gasteiger partial charge in [0, 0.05) is 6.20 Å². The number of hydrogen-bond donors (Lipinski definition) is 3. The number of nitrogens with one attached hydrogen (secondary N) is 2. The second-order valence-electron chi connectivity index (χ2n) is 4.10. The fraction of sp³-hybridized carbons (Fsp3) is 0.154. The van der Waals surface area contributed by atoms with Crippen LogP contribution in [0.3, 0.4) is 0 Å². The number of aliphatic hydroxyl groups is 1. The van der Waals surface area contributed by atoms with E-state index in [2.05, 4.69) is 15.7 Å². The van der Waals surface area contributed by atoms with Gasteiger partial charge in [0.2, 0.25) is 0 Å². The topological polar surface area (TPSA) is 103 Å². The highest BCUT2D eigenvalue weighted by atomic mass is 19.1. The minimum Gasteiger partial charge on any atom is -0.394 e. The zero-order valence-electron chi connectivity index (χ0n) is 10.9. The van der Waals surface area contributed by atoms with Crippen molar-refractivity contribution in [2.24, 2.45) is 0 Å². The van der Waals surface area contributed by atoms with Crippen molar-refractivity contribution in [3.8, 4) is 6.07 Å². The molecule has 0 bridgehead atoms. The Morgan fingerprint density at radius 3 is 3.00 bits per heavy atom. The van der Waals surface area contributed by atoms with E-state index in [1.54, 1.807) is 12.3 Å². The van der Waals surface area contributed by atoms with Crippen LogP contribution in [0.5, 0.6) is 0 Å². The standard InChI is InChI=1S/C13H12FN5O2/c14-10-1-2-12(9(5-10)6-15)18-13(21)17-11-7-16-19(8-11)3-4-20/h1-2,5,7-8,20H,3-4H2,(H2,17,18,21). The Kier molecular flexibility index (Phi) is 4.48. The minimum atomic E-state index is -0.582. The molecule has 0 unspecified atom stereocenters. The summed E-state index contributed by atoms with van der Waals surface area (Å²) in [4.78, 5) is 11.8. The maximum atomic E-state index is 13.0. The summed E-state index contributed by atoms with van der Waals surface area (Å²) < 4.78 is 14.4. The number of aliphatic hydroxyl groups excluding tert-OH is 1. The molecule has 1 aromatic heterocycles. The number of halogens is 1. The van der Waals surface area contributed by atoms with E-state index in [0.29, 0.717) is 12.2 Å². The molecular formula is C13H12FN5O2. The van der Waals surface area contributed by atoms with Crippen LogP contribution in [-0.4, -0.2) is 27.5 Å². The van der Waals surface area contributed by atoms with E-state index in [1.165, 1.54) is 16.9 Å². The van der Waals surface area contributed by atoms with Crippen molar-refractivity contribution in [2.75, 3.05) is 17.2 Å². The molecule has 3 N–H and O–H groups in total. The van der Waals surface area contributed by atoms with E-state index in [0.717, 1.165) is 12.1 Å². The van der Waals surface area contributed by atoms with E-state index < -0.39 is 11.8 Å². The van der Waals surface area contributed by atoms with Crippen LogP contribution in [0.2, 0.25) is 0 Å². The number of anilines is 2. The molecule has 108 valence electrons. The number of nitriles is 1. The Hall–Kier alpha value is -2.92. The summed E-state index contributed by atoms with van der Waals surface area (Å²) >= 11 is 0. The fourth-order valence-corrected chi connectivity index (χ4v) is 1.66. The van der Waals surface area contributed by atoms with Gasteiger partial charge in [-0.05, 0) is 18.2 Å². The van der Waals surface area contributed by atoms with Crippen LogP contribution in [0.4, 0.5) is 20.6 Å². The Morgan fingerprint density at radius 2 is 2.29 bits per heavy atom. The van der Waals surface area contributed by atoms with Gasteiger partial charge in [-0.25, -0.2) is 9.18 Å². The average molecular weight is 289 g/mol. The summed E-state index contributed by atoms with van der Waals surface area (Å²) in [7, 11) is 0. The molecule has 0 aliphatic heterocycles. The summed E-state index contributed by atoms with van der Waals surface area (Å²) in [6, 6.07) is 4.71. The quantitative estimate of drug-likeness (QED) is 0.794. The monoisotopic (exact) mass is 289 g/mol. The maximum absolute atomic E-state index is 13.0. The van der Waals surface area contributed by atoms with Crippen LogP contribution < -0.4 is 10.6 Å². The summed E-state index contributed by atoms with van der Waals surface area (Å²) in [6.45, 7) is 0.258. The molecule has 0 aliphatic rings. The summed E-state index contributed by atoms with van der Waals surface area (Å²) in [5, 5.41) is 26.5. The highest BCUT2D eigenvalue weighted by molar-refractivity contribution is 6.00. The predicted molar refractivity (Wildman–Crippen MR) is 73.1 cm³/mol. The molecule has 0 saturated carbocycles. The second kappa shape index (κ2) is 6.49. The minimum absolute atomic E-state index is 0.0288. The number of carbonyl (C=O) groups excluding carboxylic acids is 1. The normalized spacial score (nSPS) is 9.95. The van der Waals surface area contributed by atoms with E-state index >= 15 is 0 Å². The van der Waals surface area contributed by atoms with Crippen molar-refractivity contribution in [3.63, 3.8) is 0 Å². The number of benzene rings is 1. The molecule has 2 amide bonds. The van der Waals surface area contributed by atoms with Gasteiger partial charge in [0.15, 0.2) is 0 Å². The van der Waals surface area contributed by atoms with E-state index in [-0.39, 0.29) is 17.9 Å². The Labute approximate surface area is 119 Å². The molecule has 1 aromatic carbocycles.